The highest BCUT2D eigenvalue weighted by molar-refractivity contribution is 7.84. The van der Waals surface area contributed by atoms with Gasteiger partial charge in [-0.15, -0.1) is 0 Å². The minimum Gasteiger partial charge on any atom is -0.423 e. The van der Waals surface area contributed by atoms with Gasteiger partial charge in [0.15, 0.2) is 0 Å². The Kier molecular flexibility index (Phi) is 4.25. The number of rotatable bonds is 3. The molecule has 0 bridgehead atoms. The van der Waals surface area contributed by atoms with Crippen molar-refractivity contribution in [3.05, 3.63) is 53.6 Å². The van der Waals surface area contributed by atoms with Crippen LogP contribution in [0.4, 0.5) is 5.69 Å². The van der Waals surface area contributed by atoms with Crippen LogP contribution in [0.2, 0.25) is 0 Å². The molecule has 3 rings (SSSR count). The fraction of sp³-hybridized carbons (Fsp3) is 0.176. The van der Waals surface area contributed by atoms with Crippen LogP contribution in [0.15, 0.2) is 47.4 Å². The molecule has 1 amide bonds. The Hall–Kier alpha value is -2.47. The maximum atomic E-state index is 12.1. The van der Waals surface area contributed by atoms with Gasteiger partial charge in [-0.25, -0.2) is 4.79 Å². The lowest BCUT2D eigenvalue weighted by Gasteiger charge is -2.17. The molecule has 0 aromatic heterocycles. The van der Waals surface area contributed by atoms with Crippen molar-refractivity contribution in [2.75, 3.05) is 11.6 Å². The van der Waals surface area contributed by atoms with E-state index in [1.807, 2.05) is 0 Å². The maximum absolute atomic E-state index is 12.1. The summed E-state index contributed by atoms with van der Waals surface area (Å²) in [5, 5.41) is 2.78. The van der Waals surface area contributed by atoms with Crippen molar-refractivity contribution in [3.8, 4) is 5.75 Å². The van der Waals surface area contributed by atoms with Crippen molar-refractivity contribution in [2.24, 2.45) is 0 Å². The number of carbonyl (C=O) groups is 2. The summed E-state index contributed by atoms with van der Waals surface area (Å²) in [5.41, 5.74) is 2.10. The van der Waals surface area contributed by atoms with Crippen molar-refractivity contribution in [1.29, 1.82) is 0 Å². The van der Waals surface area contributed by atoms with Gasteiger partial charge in [-0.2, -0.15) is 0 Å². The van der Waals surface area contributed by atoms with Gasteiger partial charge in [0, 0.05) is 34.1 Å². The summed E-state index contributed by atoms with van der Waals surface area (Å²) < 4.78 is 16.7. The third-order valence-corrected chi connectivity index (χ3v) is 4.54. The molecule has 0 fully saturated rings. The predicted octanol–water partition coefficient (Wildman–Crippen LogP) is 2.53. The molecule has 1 atom stereocenters. The van der Waals surface area contributed by atoms with Gasteiger partial charge in [0.05, 0.1) is 5.56 Å². The minimum atomic E-state index is -1.08. The number of benzene rings is 2. The average molecular weight is 329 g/mol. The van der Waals surface area contributed by atoms with Crippen LogP contribution >= 0.6 is 0 Å². The Labute approximate surface area is 136 Å². The summed E-state index contributed by atoms with van der Waals surface area (Å²) in [6.07, 6.45) is 2.64. The first-order valence-corrected chi connectivity index (χ1v) is 8.67. The molecule has 118 valence electrons. The molecule has 1 aliphatic rings. The summed E-state index contributed by atoms with van der Waals surface area (Å²) >= 11 is 0. The van der Waals surface area contributed by atoms with Crippen molar-refractivity contribution < 1.29 is 18.5 Å². The van der Waals surface area contributed by atoms with Crippen molar-refractivity contribution >= 4 is 28.4 Å². The number of esters is 1. The Bertz CT molecular complexity index is 799. The van der Waals surface area contributed by atoms with E-state index in [4.69, 9.17) is 4.74 Å². The van der Waals surface area contributed by atoms with Gasteiger partial charge < -0.3 is 10.1 Å². The quantitative estimate of drug-likeness (QED) is 0.694. The molecule has 1 heterocycles. The highest BCUT2D eigenvalue weighted by atomic mass is 32.2. The molecule has 2 aromatic carbocycles. The van der Waals surface area contributed by atoms with Crippen LogP contribution in [0.3, 0.4) is 0 Å². The lowest BCUT2D eigenvalue weighted by molar-refractivity contribution is -0.116. The molecule has 0 aliphatic carbocycles. The Balaban J connectivity index is 1.75. The topological polar surface area (TPSA) is 72.5 Å². The number of amides is 1. The van der Waals surface area contributed by atoms with Crippen LogP contribution in [-0.2, 0) is 22.0 Å². The van der Waals surface area contributed by atoms with E-state index in [0.717, 1.165) is 11.3 Å². The molecule has 5 nitrogen and oxygen atoms in total. The maximum Gasteiger partial charge on any atom is 0.343 e. The van der Waals surface area contributed by atoms with Crippen LogP contribution < -0.4 is 10.1 Å². The molecule has 0 saturated heterocycles. The van der Waals surface area contributed by atoms with E-state index in [2.05, 4.69) is 5.32 Å². The molecule has 0 saturated carbocycles. The number of ether oxygens (including phenoxy) is 1. The second-order valence-electron chi connectivity index (χ2n) is 5.24. The van der Waals surface area contributed by atoms with Gasteiger partial charge in [-0.05, 0) is 54.4 Å². The average Bonchev–Trinajstić information content (AvgIpc) is 2.55. The zero-order valence-electron chi connectivity index (χ0n) is 12.5. The number of aryl methyl sites for hydroxylation is 1. The molecule has 2 aromatic rings. The summed E-state index contributed by atoms with van der Waals surface area (Å²) in [5.74, 6) is -0.0399. The van der Waals surface area contributed by atoms with E-state index in [1.54, 1.807) is 48.7 Å². The number of anilines is 1. The standard InChI is InChI=1S/C17H15NO4S/c1-23(21)14-6-2-11(3-7-14)17(20)22-13-5-8-15-12(10-13)4-9-16(19)18-15/h2-3,5-8,10H,4,9H2,1H3,(H,18,19)/t23-/m0/s1. The summed E-state index contributed by atoms with van der Waals surface area (Å²) in [6, 6.07) is 11.6. The van der Waals surface area contributed by atoms with Crippen LogP contribution in [-0.4, -0.2) is 22.3 Å². The SMILES string of the molecule is C[S@](=O)c1ccc(C(=O)Oc2ccc3c(c2)CCC(=O)N3)cc1. The van der Waals surface area contributed by atoms with Crippen LogP contribution in [0.1, 0.15) is 22.3 Å². The second-order valence-corrected chi connectivity index (χ2v) is 6.61. The van der Waals surface area contributed by atoms with Gasteiger partial charge in [-0.1, -0.05) is 0 Å². The first-order valence-electron chi connectivity index (χ1n) is 7.11. The molecule has 0 unspecified atom stereocenters. The normalized spacial score (nSPS) is 14.6. The highest BCUT2D eigenvalue weighted by Crippen LogP contribution is 2.27. The fourth-order valence-corrected chi connectivity index (χ4v) is 2.89. The van der Waals surface area contributed by atoms with Gasteiger partial charge in [0.2, 0.25) is 5.91 Å². The fourth-order valence-electron chi connectivity index (χ4n) is 2.37. The first-order chi connectivity index (χ1) is 11.0. The van der Waals surface area contributed by atoms with Gasteiger partial charge in [0.1, 0.15) is 5.75 Å². The molecule has 0 spiro atoms. The monoisotopic (exact) mass is 329 g/mol. The largest absolute Gasteiger partial charge is 0.423 e. The Morgan fingerprint density at radius 3 is 2.57 bits per heavy atom. The molecular weight excluding hydrogens is 314 g/mol. The van der Waals surface area contributed by atoms with Crippen molar-refractivity contribution in [2.45, 2.75) is 17.7 Å². The van der Waals surface area contributed by atoms with Crippen LogP contribution in [0, 0.1) is 0 Å². The number of hydrogen-bond donors (Lipinski definition) is 1. The van der Waals surface area contributed by atoms with Gasteiger partial charge in [0.25, 0.3) is 0 Å². The molecule has 23 heavy (non-hydrogen) atoms. The molecule has 1 aliphatic heterocycles. The van der Waals surface area contributed by atoms with E-state index < -0.39 is 16.8 Å². The van der Waals surface area contributed by atoms with E-state index >= 15 is 0 Å². The van der Waals surface area contributed by atoms with E-state index in [1.165, 1.54) is 0 Å². The van der Waals surface area contributed by atoms with Crippen molar-refractivity contribution in [1.82, 2.24) is 0 Å². The zero-order chi connectivity index (χ0) is 16.4. The van der Waals surface area contributed by atoms with Crippen LogP contribution in [0.5, 0.6) is 5.75 Å². The molecule has 1 N–H and O–H groups in total. The Morgan fingerprint density at radius 2 is 1.87 bits per heavy atom. The molecule has 0 radical (unpaired) electrons. The second kappa shape index (κ2) is 6.34. The number of fused-ring (bicyclic) bond motifs is 1. The predicted molar refractivity (Wildman–Crippen MR) is 87.1 cm³/mol. The van der Waals surface area contributed by atoms with Gasteiger partial charge >= 0.3 is 5.97 Å². The number of nitrogens with one attached hydrogen (secondary N) is 1. The van der Waals surface area contributed by atoms with E-state index in [9.17, 15) is 13.8 Å². The lowest BCUT2D eigenvalue weighted by Crippen LogP contribution is -2.19. The van der Waals surface area contributed by atoms with Gasteiger partial charge in [-0.3, -0.25) is 9.00 Å². The minimum absolute atomic E-state index is 0.00403. The first kappa shape index (κ1) is 15.4. The molecular formula is C17H15NO4S. The summed E-state index contributed by atoms with van der Waals surface area (Å²) in [7, 11) is -1.08. The lowest BCUT2D eigenvalue weighted by atomic mass is 10.0. The van der Waals surface area contributed by atoms with E-state index in [-0.39, 0.29) is 5.91 Å². The zero-order valence-corrected chi connectivity index (χ0v) is 13.3. The van der Waals surface area contributed by atoms with Crippen molar-refractivity contribution in [3.63, 3.8) is 0 Å². The third kappa shape index (κ3) is 3.48. The number of hydrogen-bond acceptors (Lipinski definition) is 4. The Morgan fingerprint density at radius 1 is 1.13 bits per heavy atom. The summed E-state index contributed by atoms with van der Waals surface area (Å²) in [6.45, 7) is 0. The number of carbonyl (C=O) groups excluding carboxylic acids is 2. The van der Waals surface area contributed by atoms with Crippen LogP contribution in [0.25, 0.3) is 0 Å². The van der Waals surface area contributed by atoms with E-state index in [0.29, 0.717) is 29.1 Å². The molecule has 6 heteroatoms. The summed E-state index contributed by atoms with van der Waals surface area (Å²) in [4.78, 5) is 24.1. The third-order valence-electron chi connectivity index (χ3n) is 3.60. The smallest absolute Gasteiger partial charge is 0.343 e. The highest BCUT2D eigenvalue weighted by Gasteiger charge is 2.16.